The number of benzene rings is 1. The number of carbonyl (C=O) groups excluding carboxylic acids is 2. The quantitative estimate of drug-likeness (QED) is 0.777. The molecular formula is C17H22N4O3. The molecule has 0 radical (unpaired) electrons. The van der Waals surface area contributed by atoms with E-state index in [1.807, 2.05) is 13.8 Å². The number of H-pyrrole nitrogens is 1. The van der Waals surface area contributed by atoms with Gasteiger partial charge in [0.2, 0.25) is 5.91 Å². The average molecular weight is 330 g/mol. The second-order valence-corrected chi connectivity index (χ2v) is 6.41. The van der Waals surface area contributed by atoms with Crippen LogP contribution in [0.5, 0.6) is 0 Å². The highest BCUT2D eigenvalue weighted by Crippen LogP contribution is 2.34. The molecular weight excluding hydrogens is 308 g/mol. The lowest BCUT2D eigenvalue weighted by Gasteiger charge is -2.31. The summed E-state index contributed by atoms with van der Waals surface area (Å²) in [6.07, 6.45) is 1.61. The van der Waals surface area contributed by atoms with E-state index in [4.69, 9.17) is 0 Å². The van der Waals surface area contributed by atoms with Crippen LogP contribution in [0.15, 0.2) is 23.0 Å². The molecule has 0 spiro atoms. The summed E-state index contributed by atoms with van der Waals surface area (Å²) in [5, 5.41) is 5.73. The highest BCUT2D eigenvalue weighted by molar-refractivity contribution is 6.00. The topological polar surface area (TPSA) is 96.0 Å². The molecule has 1 fully saturated rings. The molecule has 2 heterocycles. The summed E-state index contributed by atoms with van der Waals surface area (Å²) in [6.45, 7) is 4.64. The standard InChI is InChI=1S/C17H22N4O3/c1-4-17(5-2)9-18-15(23)13(17)20-14(22)10-6-7-12-11(8-10)19-16(24)21(12)3/h6-8,13H,4-5,9H2,1-3H3,(H,18,23)(H,19,24)(H,20,22). The van der Waals surface area contributed by atoms with Crippen molar-refractivity contribution in [3.63, 3.8) is 0 Å². The van der Waals surface area contributed by atoms with Crippen molar-refractivity contribution in [3.05, 3.63) is 34.2 Å². The number of imidazole rings is 1. The molecule has 1 aliphatic rings. The molecule has 1 atom stereocenters. The Labute approximate surface area is 139 Å². The van der Waals surface area contributed by atoms with E-state index in [1.54, 1.807) is 25.2 Å². The fourth-order valence-electron chi connectivity index (χ4n) is 3.47. The highest BCUT2D eigenvalue weighted by atomic mass is 16.2. The van der Waals surface area contributed by atoms with E-state index in [2.05, 4.69) is 15.6 Å². The third kappa shape index (κ3) is 2.40. The number of carbonyl (C=O) groups is 2. The number of nitrogens with one attached hydrogen (secondary N) is 3. The number of rotatable bonds is 4. The minimum absolute atomic E-state index is 0.138. The van der Waals surface area contributed by atoms with Crippen LogP contribution in [0.3, 0.4) is 0 Å². The van der Waals surface area contributed by atoms with Crippen molar-refractivity contribution in [1.29, 1.82) is 0 Å². The van der Waals surface area contributed by atoms with Gasteiger partial charge in [-0.3, -0.25) is 14.2 Å². The van der Waals surface area contributed by atoms with Crippen LogP contribution in [-0.4, -0.2) is 34.0 Å². The highest BCUT2D eigenvalue weighted by Gasteiger charge is 2.46. The van der Waals surface area contributed by atoms with Crippen molar-refractivity contribution in [2.24, 2.45) is 12.5 Å². The SMILES string of the molecule is CCC1(CC)CNC(=O)C1NC(=O)c1ccc2c(c1)[nH]c(=O)n2C. The number of fused-ring (bicyclic) bond motifs is 1. The summed E-state index contributed by atoms with van der Waals surface area (Å²) in [5.74, 6) is -0.448. The zero-order valence-electron chi connectivity index (χ0n) is 14.1. The van der Waals surface area contributed by atoms with E-state index in [0.717, 1.165) is 18.4 Å². The minimum atomic E-state index is -0.537. The van der Waals surface area contributed by atoms with Gasteiger partial charge in [0.25, 0.3) is 5.91 Å². The first kappa shape index (κ1) is 16.3. The Hall–Kier alpha value is -2.57. The third-order valence-corrected chi connectivity index (χ3v) is 5.34. The van der Waals surface area contributed by atoms with Crippen LogP contribution >= 0.6 is 0 Å². The van der Waals surface area contributed by atoms with Crippen molar-refractivity contribution in [1.82, 2.24) is 20.2 Å². The van der Waals surface area contributed by atoms with Crippen LogP contribution < -0.4 is 16.3 Å². The molecule has 0 saturated carbocycles. The first-order valence-electron chi connectivity index (χ1n) is 8.19. The molecule has 3 rings (SSSR count). The van der Waals surface area contributed by atoms with Gasteiger partial charge in [-0.2, -0.15) is 0 Å². The number of amides is 2. The van der Waals surface area contributed by atoms with E-state index in [9.17, 15) is 14.4 Å². The molecule has 2 aromatic rings. The largest absolute Gasteiger partial charge is 0.354 e. The van der Waals surface area contributed by atoms with Crippen LogP contribution in [0, 0.1) is 5.41 Å². The van der Waals surface area contributed by atoms with Crippen molar-refractivity contribution >= 4 is 22.8 Å². The lowest BCUT2D eigenvalue weighted by Crippen LogP contribution is -2.48. The van der Waals surface area contributed by atoms with Crippen LogP contribution in [0.1, 0.15) is 37.0 Å². The maximum atomic E-state index is 12.6. The lowest BCUT2D eigenvalue weighted by molar-refractivity contribution is -0.121. The summed E-state index contributed by atoms with van der Waals surface area (Å²) in [4.78, 5) is 39.1. The third-order valence-electron chi connectivity index (χ3n) is 5.34. The molecule has 3 N–H and O–H groups in total. The van der Waals surface area contributed by atoms with Gasteiger partial charge in [0, 0.05) is 24.6 Å². The fraction of sp³-hybridized carbons (Fsp3) is 0.471. The van der Waals surface area contributed by atoms with Gasteiger partial charge in [-0.05, 0) is 31.0 Å². The molecule has 1 saturated heterocycles. The molecule has 7 nitrogen and oxygen atoms in total. The number of aromatic nitrogens is 2. The summed E-state index contributed by atoms with van der Waals surface area (Å²) in [5.41, 5.74) is 1.27. The molecule has 1 aromatic carbocycles. The van der Waals surface area contributed by atoms with Crippen molar-refractivity contribution in [3.8, 4) is 0 Å². The summed E-state index contributed by atoms with van der Waals surface area (Å²) < 4.78 is 1.49. The molecule has 1 unspecified atom stereocenters. The second-order valence-electron chi connectivity index (χ2n) is 6.41. The minimum Gasteiger partial charge on any atom is -0.354 e. The Kier molecular flexibility index (Phi) is 3.95. The first-order valence-corrected chi connectivity index (χ1v) is 8.19. The Morgan fingerprint density at radius 2 is 2.04 bits per heavy atom. The summed E-state index contributed by atoms with van der Waals surface area (Å²) >= 11 is 0. The van der Waals surface area contributed by atoms with E-state index in [1.165, 1.54) is 4.57 Å². The predicted molar refractivity (Wildman–Crippen MR) is 90.8 cm³/mol. The zero-order valence-corrected chi connectivity index (χ0v) is 14.1. The van der Waals surface area contributed by atoms with E-state index in [-0.39, 0.29) is 22.9 Å². The molecule has 2 amide bonds. The van der Waals surface area contributed by atoms with Crippen LogP contribution in [-0.2, 0) is 11.8 Å². The van der Waals surface area contributed by atoms with Crippen LogP contribution in [0.25, 0.3) is 11.0 Å². The van der Waals surface area contributed by atoms with Crippen molar-refractivity contribution in [2.45, 2.75) is 32.7 Å². The van der Waals surface area contributed by atoms with Gasteiger partial charge in [-0.15, -0.1) is 0 Å². The summed E-state index contributed by atoms with van der Waals surface area (Å²) in [6, 6.07) is 4.49. The number of hydrogen-bond donors (Lipinski definition) is 3. The van der Waals surface area contributed by atoms with Gasteiger partial charge in [-0.1, -0.05) is 13.8 Å². The predicted octanol–water partition coefficient (Wildman–Crippen LogP) is 0.901. The molecule has 7 heteroatoms. The second kappa shape index (κ2) is 5.81. The Morgan fingerprint density at radius 1 is 1.33 bits per heavy atom. The Bertz CT molecular complexity index is 860. The maximum Gasteiger partial charge on any atom is 0.326 e. The zero-order chi connectivity index (χ0) is 17.5. The van der Waals surface area contributed by atoms with E-state index >= 15 is 0 Å². The monoisotopic (exact) mass is 330 g/mol. The number of nitrogens with zero attached hydrogens (tertiary/aromatic N) is 1. The van der Waals surface area contributed by atoms with Gasteiger partial charge in [-0.25, -0.2) is 4.79 Å². The normalized spacial score (nSPS) is 19.5. The Morgan fingerprint density at radius 3 is 2.71 bits per heavy atom. The molecule has 128 valence electrons. The van der Waals surface area contributed by atoms with Gasteiger partial charge in [0.05, 0.1) is 11.0 Å². The number of aryl methyl sites for hydroxylation is 1. The fourth-order valence-corrected chi connectivity index (χ4v) is 3.47. The van der Waals surface area contributed by atoms with Crippen molar-refractivity contribution < 1.29 is 9.59 Å². The molecule has 1 aliphatic heterocycles. The van der Waals surface area contributed by atoms with Crippen LogP contribution in [0.2, 0.25) is 0 Å². The smallest absolute Gasteiger partial charge is 0.326 e. The van der Waals surface area contributed by atoms with Gasteiger partial charge in [0.1, 0.15) is 6.04 Å². The molecule has 24 heavy (non-hydrogen) atoms. The first-order chi connectivity index (χ1) is 11.4. The van der Waals surface area contributed by atoms with E-state index < -0.39 is 6.04 Å². The summed E-state index contributed by atoms with van der Waals surface area (Å²) in [7, 11) is 1.67. The number of aromatic amines is 1. The maximum absolute atomic E-state index is 12.6. The van der Waals surface area contributed by atoms with Crippen LogP contribution in [0.4, 0.5) is 0 Å². The van der Waals surface area contributed by atoms with Gasteiger partial charge >= 0.3 is 5.69 Å². The molecule has 1 aromatic heterocycles. The molecule has 0 bridgehead atoms. The van der Waals surface area contributed by atoms with Gasteiger partial charge < -0.3 is 15.6 Å². The van der Waals surface area contributed by atoms with Gasteiger partial charge in [0.15, 0.2) is 0 Å². The van der Waals surface area contributed by atoms with E-state index in [0.29, 0.717) is 17.6 Å². The Balaban J connectivity index is 1.89. The lowest BCUT2D eigenvalue weighted by atomic mass is 9.77. The average Bonchev–Trinajstić information content (AvgIpc) is 3.05. The number of hydrogen-bond acceptors (Lipinski definition) is 3. The van der Waals surface area contributed by atoms with Crippen molar-refractivity contribution in [2.75, 3.05) is 6.54 Å². The molecule has 0 aliphatic carbocycles.